The normalized spacial score (nSPS) is 10.5. The van der Waals surface area contributed by atoms with Crippen molar-refractivity contribution in [1.82, 2.24) is 15.3 Å². The van der Waals surface area contributed by atoms with Crippen LogP contribution in [0.3, 0.4) is 0 Å². The van der Waals surface area contributed by atoms with E-state index >= 15 is 0 Å². The van der Waals surface area contributed by atoms with E-state index in [1.165, 1.54) is 0 Å². The number of hydrogen-bond donors (Lipinski definition) is 2. The first-order valence-electron chi connectivity index (χ1n) is 7.56. The third-order valence-electron chi connectivity index (χ3n) is 3.37. The number of carbonyl (C=O) groups excluding carboxylic acids is 1. The van der Waals surface area contributed by atoms with Crippen molar-refractivity contribution in [2.45, 2.75) is 6.42 Å². The van der Waals surface area contributed by atoms with Crippen molar-refractivity contribution in [1.29, 1.82) is 0 Å². The van der Waals surface area contributed by atoms with Gasteiger partial charge in [-0.25, -0.2) is 14.8 Å². The van der Waals surface area contributed by atoms with E-state index in [9.17, 15) is 9.59 Å². The van der Waals surface area contributed by atoms with Crippen molar-refractivity contribution in [3.63, 3.8) is 0 Å². The molecule has 0 saturated carbocycles. The van der Waals surface area contributed by atoms with Gasteiger partial charge in [0.1, 0.15) is 11.1 Å². The van der Waals surface area contributed by atoms with E-state index in [4.69, 9.17) is 4.42 Å². The largest absolute Gasteiger partial charge is 0.422 e. The van der Waals surface area contributed by atoms with Gasteiger partial charge >= 0.3 is 5.63 Å². The van der Waals surface area contributed by atoms with E-state index in [0.717, 1.165) is 0 Å². The summed E-state index contributed by atoms with van der Waals surface area (Å²) >= 11 is 0. The van der Waals surface area contributed by atoms with Gasteiger partial charge < -0.3 is 15.1 Å². The second-order valence-corrected chi connectivity index (χ2v) is 5.09. The van der Waals surface area contributed by atoms with Gasteiger partial charge in [-0.3, -0.25) is 4.79 Å². The molecule has 7 nitrogen and oxygen atoms in total. The number of para-hydroxylation sites is 1. The number of anilines is 1. The number of carbonyl (C=O) groups is 1. The fourth-order valence-electron chi connectivity index (χ4n) is 2.20. The molecule has 24 heavy (non-hydrogen) atoms. The summed E-state index contributed by atoms with van der Waals surface area (Å²) in [5.74, 6) is 0.101. The van der Waals surface area contributed by atoms with Crippen LogP contribution in [0, 0.1) is 0 Å². The van der Waals surface area contributed by atoms with Crippen molar-refractivity contribution < 1.29 is 9.21 Å². The maximum absolute atomic E-state index is 12.1. The first kappa shape index (κ1) is 15.7. The van der Waals surface area contributed by atoms with Crippen LogP contribution < -0.4 is 16.3 Å². The Labute approximate surface area is 137 Å². The average molecular weight is 324 g/mol. The van der Waals surface area contributed by atoms with E-state index in [-0.39, 0.29) is 5.56 Å². The Hall–Kier alpha value is -3.22. The van der Waals surface area contributed by atoms with Crippen molar-refractivity contribution in [2.75, 3.05) is 18.4 Å². The Morgan fingerprint density at radius 1 is 1.08 bits per heavy atom. The molecule has 0 aliphatic rings. The number of amides is 1. The Kier molecular flexibility index (Phi) is 4.81. The monoisotopic (exact) mass is 324 g/mol. The molecule has 2 heterocycles. The first-order chi connectivity index (χ1) is 11.7. The molecule has 0 radical (unpaired) electrons. The maximum Gasteiger partial charge on any atom is 0.349 e. The fourth-order valence-corrected chi connectivity index (χ4v) is 2.20. The Morgan fingerprint density at radius 2 is 1.88 bits per heavy atom. The molecule has 0 unspecified atom stereocenters. The zero-order valence-corrected chi connectivity index (χ0v) is 12.9. The lowest BCUT2D eigenvalue weighted by molar-refractivity contribution is 0.0950. The van der Waals surface area contributed by atoms with Crippen LogP contribution in [0.4, 0.5) is 5.95 Å². The molecule has 122 valence electrons. The Morgan fingerprint density at radius 3 is 2.71 bits per heavy atom. The smallest absolute Gasteiger partial charge is 0.349 e. The zero-order valence-electron chi connectivity index (χ0n) is 12.9. The van der Waals surface area contributed by atoms with Gasteiger partial charge in [0.05, 0.1) is 0 Å². The molecule has 0 spiro atoms. The number of hydrogen-bond acceptors (Lipinski definition) is 6. The summed E-state index contributed by atoms with van der Waals surface area (Å²) in [6, 6.07) is 10.4. The highest BCUT2D eigenvalue weighted by atomic mass is 16.4. The number of benzene rings is 1. The molecule has 7 heteroatoms. The molecule has 2 N–H and O–H groups in total. The molecule has 2 aromatic heterocycles. The molecule has 0 atom stereocenters. The lowest BCUT2D eigenvalue weighted by atomic mass is 10.2. The number of rotatable bonds is 6. The van der Waals surface area contributed by atoms with Crippen LogP contribution >= 0.6 is 0 Å². The minimum Gasteiger partial charge on any atom is -0.422 e. The average Bonchev–Trinajstić information content (AvgIpc) is 2.61. The summed E-state index contributed by atoms with van der Waals surface area (Å²) in [5, 5.41) is 6.46. The van der Waals surface area contributed by atoms with Crippen LogP contribution in [-0.2, 0) is 0 Å². The molecule has 1 aromatic carbocycles. The van der Waals surface area contributed by atoms with Crippen molar-refractivity contribution in [2.24, 2.45) is 0 Å². The second-order valence-electron chi connectivity index (χ2n) is 5.09. The van der Waals surface area contributed by atoms with Crippen LogP contribution in [0.5, 0.6) is 0 Å². The standard InChI is InChI=1S/C17H16N4O3/c22-15(18-7-3-8-19-17-20-9-4-10-21-17)13-11-12-5-1-2-6-14(12)24-16(13)23/h1-2,4-6,9-11H,3,7-8H2,(H,18,22)(H,19,20,21). The molecule has 3 rings (SSSR count). The molecule has 0 aliphatic carbocycles. The van der Waals surface area contributed by atoms with E-state index in [1.54, 1.807) is 42.7 Å². The highest BCUT2D eigenvalue weighted by molar-refractivity contribution is 5.96. The maximum atomic E-state index is 12.1. The molecule has 0 aliphatic heterocycles. The van der Waals surface area contributed by atoms with Crippen molar-refractivity contribution in [3.05, 3.63) is 64.8 Å². The summed E-state index contributed by atoms with van der Waals surface area (Å²) in [6.45, 7) is 1.03. The lowest BCUT2D eigenvalue weighted by Gasteiger charge is -2.06. The number of nitrogens with zero attached hydrogens (tertiary/aromatic N) is 2. The highest BCUT2D eigenvalue weighted by Crippen LogP contribution is 2.12. The molecular weight excluding hydrogens is 308 g/mol. The molecule has 0 bridgehead atoms. The highest BCUT2D eigenvalue weighted by Gasteiger charge is 2.12. The predicted octanol–water partition coefficient (Wildman–Crippen LogP) is 1.81. The number of fused-ring (bicyclic) bond motifs is 1. The van der Waals surface area contributed by atoms with Gasteiger partial charge in [-0.15, -0.1) is 0 Å². The summed E-state index contributed by atoms with van der Waals surface area (Å²) in [4.78, 5) is 32.1. The quantitative estimate of drug-likeness (QED) is 0.530. The van der Waals surface area contributed by atoms with Gasteiger partial charge in [0, 0.05) is 30.9 Å². The van der Waals surface area contributed by atoms with E-state index < -0.39 is 11.5 Å². The van der Waals surface area contributed by atoms with E-state index in [0.29, 0.717) is 36.4 Å². The SMILES string of the molecule is O=C(NCCCNc1ncccn1)c1cc2ccccc2oc1=O. The summed E-state index contributed by atoms with van der Waals surface area (Å²) < 4.78 is 5.15. The summed E-state index contributed by atoms with van der Waals surface area (Å²) in [5.41, 5.74) is -0.166. The predicted molar refractivity (Wildman–Crippen MR) is 90.0 cm³/mol. The fraction of sp³-hybridized carbons (Fsp3) is 0.176. The van der Waals surface area contributed by atoms with Crippen LogP contribution in [0.25, 0.3) is 11.0 Å². The van der Waals surface area contributed by atoms with Gasteiger partial charge in [0.2, 0.25) is 5.95 Å². The summed E-state index contributed by atoms with van der Waals surface area (Å²) in [7, 11) is 0. The lowest BCUT2D eigenvalue weighted by Crippen LogP contribution is -2.29. The molecular formula is C17H16N4O3. The Bertz CT molecular complexity index is 893. The second kappa shape index (κ2) is 7.36. The van der Waals surface area contributed by atoms with Crippen molar-refractivity contribution in [3.8, 4) is 0 Å². The molecule has 1 amide bonds. The van der Waals surface area contributed by atoms with Gasteiger partial charge in [-0.05, 0) is 24.6 Å². The summed E-state index contributed by atoms with van der Waals surface area (Å²) in [6.07, 6.45) is 3.97. The third-order valence-corrected chi connectivity index (χ3v) is 3.37. The van der Waals surface area contributed by atoms with Crippen LogP contribution in [0.2, 0.25) is 0 Å². The van der Waals surface area contributed by atoms with Gasteiger partial charge in [0.25, 0.3) is 5.91 Å². The Balaban J connectivity index is 1.53. The first-order valence-corrected chi connectivity index (χ1v) is 7.56. The van der Waals surface area contributed by atoms with Crippen LogP contribution in [0.1, 0.15) is 16.8 Å². The van der Waals surface area contributed by atoms with E-state index in [2.05, 4.69) is 20.6 Å². The van der Waals surface area contributed by atoms with Gasteiger partial charge in [0.15, 0.2) is 0 Å². The minimum atomic E-state index is -0.637. The molecule has 0 fully saturated rings. The third kappa shape index (κ3) is 3.75. The number of nitrogens with one attached hydrogen (secondary N) is 2. The minimum absolute atomic E-state index is 0.00746. The van der Waals surface area contributed by atoms with Crippen LogP contribution in [0.15, 0.2) is 58.0 Å². The van der Waals surface area contributed by atoms with Gasteiger partial charge in [-0.1, -0.05) is 18.2 Å². The number of aromatic nitrogens is 2. The molecule has 0 saturated heterocycles. The van der Waals surface area contributed by atoms with Crippen molar-refractivity contribution >= 4 is 22.8 Å². The van der Waals surface area contributed by atoms with Crippen LogP contribution in [-0.4, -0.2) is 29.0 Å². The molecule has 3 aromatic rings. The zero-order chi connectivity index (χ0) is 16.8. The topological polar surface area (TPSA) is 97.1 Å². The van der Waals surface area contributed by atoms with Gasteiger partial charge in [-0.2, -0.15) is 0 Å². The van der Waals surface area contributed by atoms with E-state index in [1.807, 2.05) is 6.07 Å².